The Bertz CT molecular complexity index is 734. The summed E-state index contributed by atoms with van der Waals surface area (Å²) in [5.74, 6) is -0.992. The van der Waals surface area contributed by atoms with E-state index in [1.54, 1.807) is 58.6 Å². The van der Waals surface area contributed by atoms with Crippen molar-refractivity contribution in [3.8, 4) is 0 Å². The lowest BCUT2D eigenvalue weighted by molar-refractivity contribution is 0.0249. The van der Waals surface area contributed by atoms with E-state index in [2.05, 4.69) is 5.32 Å². The van der Waals surface area contributed by atoms with Gasteiger partial charge in [-0.1, -0.05) is 12.1 Å². The van der Waals surface area contributed by atoms with Crippen molar-refractivity contribution in [3.63, 3.8) is 0 Å². The molecule has 0 fully saturated rings. The van der Waals surface area contributed by atoms with Crippen LogP contribution in [0, 0.1) is 0 Å². The summed E-state index contributed by atoms with van der Waals surface area (Å²) in [6.07, 6.45) is 0.0546. The van der Waals surface area contributed by atoms with Crippen LogP contribution in [-0.2, 0) is 15.9 Å². The molecule has 0 saturated heterocycles. The van der Waals surface area contributed by atoms with Crippen LogP contribution in [-0.4, -0.2) is 59.0 Å². The van der Waals surface area contributed by atoms with Gasteiger partial charge in [0, 0.05) is 19.6 Å². The molecule has 2 N–H and O–H groups in total. The van der Waals surface area contributed by atoms with Crippen LogP contribution in [0.1, 0.15) is 63.9 Å². The minimum absolute atomic E-state index is 0.206. The van der Waals surface area contributed by atoms with E-state index in [1.807, 2.05) is 6.07 Å². The third kappa shape index (κ3) is 10.7. The fraction of sp³-hybridized carbons (Fsp3) is 0.591. The first-order valence-electron chi connectivity index (χ1n) is 10.0. The number of nitrogens with one attached hydrogen (secondary N) is 1. The number of carbonyl (C=O) groups excluding carboxylic acids is 2. The lowest BCUT2D eigenvalue weighted by Crippen LogP contribution is -2.40. The molecule has 8 heteroatoms. The highest BCUT2D eigenvalue weighted by atomic mass is 16.6. The summed E-state index contributed by atoms with van der Waals surface area (Å²) in [6.45, 7) is 11.8. The largest absolute Gasteiger partial charge is 0.478 e. The molecule has 0 heterocycles. The van der Waals surface area contributed by atoms with Crippen molar-refractivity contribution in [2.45, 2.75) is 65.6 Å². The summed E-state index contributed by atoms with van der Waals surface area (Å²) in [5, 5.41) is 11.8. The number of alkyl carbamates (subject to hydrolysis) is 1. The van der Waals surface area contributed by atoms with Crippen molar-refractivity contribution in [1.82, 2.24) is 10.2 Å². The van der Waals surface area contributed by atoms with Gasteiger partial charge in [0.15, 0.2) is 0 Å². The van der Waals surface area contributed by atoms with Gasteiger partial charge in [-0.15, -0.1) is 0 Å². The second-order valence-electron chi connectivity index (χ2n) is 9.01. The average molecular weight is 423 g/mol. The van der Waals surface area contributed by atoms with E-state index >= 15 is 0 Å². The zero-order valence-electron chi connectivity index (χ0n) is 18.8. The molecular weight excluding hydrogens is 388 g/mol. The van der Waals surface area contributed by atoms with Gasteiger partial charge in [-0.2, -0.15) is 0 Å². The normalized spacial score (nSPS) is 11.5. The third-order valence-corrected chi connectivity index (χ3v) is 3.77. The Hall–Kier alpha value is -2.77. The van der Waals surface area contributed by atoms with Gasteiger partial charge < -0.3 is 24.8 Å². The van der Waals surface area contributed by atoms with Crippen LogP contribution in [0.3, 0.4) is 0 Å². The average Bonchev–Trinajstić information content (AvgIpc) is 2.58. The predicted octanol–water partition coefficient (Wildman–Crippen LogP) is 4.08. The molecule has 2 amide bonds. The highest BCUT2D eigenvalue weighted by molar-refractivity contribution is 5.87. The second kappa shape index (κ2) is 10.8. The van der Waals surface area contributed by atoms with Crippen molar-refractivity contribution in [3.05, 3.63) is 35.4 Å². The molecule has 168 valence electrons. The number of hydrogen-bond donors (Lipinski definition) is 2. The number of amides is 2. The Balaban J connectivity index is 2.66. The van der Waals surface area contributed by atoms with Crippen molar-refractivity contribution >= 4 is 18.2 Å². The SMILES string of the molecule is CC(C)(C)OC(=O)NCCCN(CCc1cccc(C(=O)O)c1)C(=O)OC(C)(C)C. The molecule has 0 unspecified atom stereocenters. The zero-order valence-corrected chi connectivity index (χ0v) is 18.8. The first kappa shape index (κ1) is 25.3. The van der Waals surface area contributed by atoms with E-state index < -0.39 is 29.4 Å². The van der Waals surface area contributed by atoms with E-state index in [9.17, 15) is 14.4 Å². The molecule has 1 rings (SSSR count). The Morgan fingerprint density at radius 3 is 2.20 bits per heavy atom. The van der Waals surface area contributed by atoms with Crippen LogP contribution in [0.25, 0.3) is 0 Å². The maximum atomic E-state index is 12.6. The quantitative estimate of drug-likeness (QED) is 0.612. The topological polar surface area (TPSA) is 105 Å². The molecule has 1 aromatic carbocycles. The van der Waals surface area contributed by atoms with Gasteiger partial charge in [-0.25, -0.2) is 14.4 Å². The summed E-state index contributed by atoms with van der Waals surface area (Å²) >= 11 is 0. The van der Waals surface area contributed by atoms with Gasteiger partial charge in [0.1, 0.15) is 11.2 Å². The minimum atomic E-state index is -0.992. The van der Waals surface area contributed by atoms with Crippen molar-refractivity contribution in [2.24, 2.45) is 0 Å². The summed E-state index contributed by atoms with van der Waals surface area (Å²) in [4.78, 5) is 37.0. The standard InChI is InChI=1S/C22H34N2O6/c1-21(2,3)29-19(27)23-12-8-13-24(20(28)30-22(4,5)6)14-11-16-9-7-10-17(15-16)18(25)26/h7,9-10,15H,8,11-14H2,1-6H3,(H,23,27)(H,25,26). The van der Waals surface area contributed by atoms with Gasteiger partial charge in [-0.05, 0) is 72.1 Å². The number of hydrogen-bond acceptors (Lipinski definition) is 5. The van der Waals surface area contributed by atoms with E-state index in [-0.39, 0.29) is 5.56 Å². The molecule has 0 aromatic heterocycles. The van der Waals surface area contributed by atoms with Gasteiger partial charge in [-0.3, -0.25) is 0 Å². The van der Waals surface area contributed by atoms with Crippen LogP contribution >= 0.6 is 0 Å². The summed E-state index contributed by atoms with van der Waals surface area (Å²) in [7, 11) is 0. The van der Waals surface area contributed by atoms with Gasteiger partial charge in [0.2, 0.25) is 0 Å². The van der Waals surface area contributed by atoms with E-state index in [0.717, 1.165) is 5.56 Å². The Kier molecular flexibility index (Phi) is 9.14. The first-order chi connectivity index (χ1) is 13.8. The molecule has 0 spiro atoms. The Morgan fingerprint density at radius 2 is 1.63 bits per heavy atom. The number of ether oxygens (including phenoxy) is 2. The van der Waals surface area contributed by atoms with E-state index in [0.29, 0.717) is 32.5 Å². The molecule has 30 heavy (non-hydrogen) atoms. The summed E-state index contributed by atoms with van der Waals surface area (Å²) in [6, 6.07) is 6.63. The molecule has 0 atom stereocenters. The van der Waals surface area contributed by atoms with Crippen LogP contribution in [0.2, 0.25) is 0 Å². The highest BCUT2D eigenvalue weighted by Crippen LogP contribution is 2.12. The fourth-order valence-corrected chi connectivity index (χ4v) is 2.52. The fourth-order valence-electron chi connectivity index (χ4n) is 2.52. The summed E-state index contributed by atoms with van der Waals surface area (Å²) in [5.41, 5.74) is -0.182. The number of carboxylic acids is 1. The number of aromatic carboxylic acids is 1. The van der Waals surface area contributed by atoms with Gasteiger partial charge in [0.05, 0.1) is 5.56 Å². The molecular formula is C22H34N2O6. The second-order valence-corrected chi connectivity index (χ2v) is 9.01. The molecule has 0 aliphatic heterocycles. The lowest BCUT2D eigenvalue weighted by Gasteiger charge is -2.27. The van der Waals surface area contributed by atoms with Gasteiger partial charge >= 0.3 is 18.2 Å². The maximum Gasteiger partial charge on any atom is 0.410 e. The first-order valence-corrected chi connectivity index (χ1v) is 10.0. The number of carboxylic acid groups (broad SMARTS) is 1. The summed E-state index contributed by atoms with van der Waals surface area (Å²) < 4.78 is 10.7. The van der Waals surface area contributed by atoms with Crippen LogP contribution < -0.4 is 5.32 Å². The Morgan fingerprint density at radius 1 is 1.00 bits per heavy atom. The van der Waals surface area contributed by atoms with E-state index in [1.165, 1.54) is 6.07 Å². The number of rotatable bonds is 8. The highest BCUT2D eigenvalue weighted by Gasteiger charge is 2.22. The number of benzene rings is 1. The van der Waals surface area contributed by atoms with Crippen molar-refractivity contribution in [1.29, 1.82) is 0 Å². The zero-order chi connectivity index (χ0) is 22.9. The van der Waals surface area contributed by atoms with Crippen LogP contribution in [0.15, 0.2) is 24.3 Å². The van der Waals surface area contributed by atoms with Crippen LogP contribution in [0.4, 0.5) is 9.59 Å². The van der Waals surface area contributed by atoms with Crippen molar-refractivity contribution in [2.75, 3.05) is 19.6 Å². The molecule has 0 aliphatic rings. The molecule has 1 aromatic rings. The van der Waals surface area contributed by atoms with Gasteiger partial charge in [0.25, 0.3) is 0 Å². The van der Waals surface area contributed by atoms with Crippen LogP contribution in [0.5, 0.6) is 0 Å². The monoisotopic (exact) mass is 422 g/mol. The minimum Gasteiger partial charge on any atom is -0.478 e. The van der Waals surface area contributed by atoms with Crippen molar-refractivity contribution < 1.29 is 29.0 Å². The maximum absolute atomic E-state index is 12.6. The Labute approximate surface area is 178 Å². The smallest absolute Gasteiger partial charge is 0.410 e. The van der Waals surface area contributed by atoms with E-state index in [4.69, 9.17) is 14.6 Å². The molecule has 0 bridgehead atoms. The molecule has 8 nitrogen and oxygen atoms in total. The number of carbonyl (C=O) groups is 3. The molecule has 0 aliphatic carbocycles. The molecule has 0 radical (unpaired) electrons. The number of nitrogens with zero attached hydrogens (tertiary/aromatic N) is 1. The third-order valence-electron chi connectivity index (χ3n) is 3.77. The molecule has 0 saturated carbocycles. The predicted molar refractivity (Wildman–Crippen MR) is 114 cm³/mol. The lowest BCUT2D eigenvalue weighted by atomic mass is 10.1.